The van der Waals surface area contributed by atoms with Crippen LogP contribution in [0.5, 0.6) is 11.5 Å². The topological polar surface area (TPSA) is 93.9 Å². The van der Waals surface area contributed by atoms with Crippen molar-refractivity contribution in [2.45, 2.75) is 19.6 Å². The number of aromatic nitrogens is 1. The van der Waals surface area contributed by atoms with Gasteiger partial charge in [-0.3, -0.25) is 9.59 Å². The van der Waals surface area contributed by atoms with Crippen LogP contribution in [0.15, 0.2) is 53.1 Å². The van der Waals surface area contributed by atoms with Crippen LogP contribution in [-0.2, 0) is 11.4 Å². The normalized spacial score (nSPS) is 15.9. The Balaban J connectivity index is 1.50. The summed E-state index contributed by atoms with van der Waals surface area (Å²) in [7, 11) is 1.55. The molecule has 0 unspecified atom stereocenters. The van der Waals surface area contributed by atoms with Crippen molar-refractivity contribution in [2.24, 2.45) is 0 Å². The molecule has 2 amide bonds. The van der Waals surface area contributed by atoms with Gasteiger partial charge in [0.1, 0.15) is 18.5 Å². The van der Waals surface area contributed by atoms with Crippen LogP contribution in [0.4, 0.5) is 4.39 Å². The van der Waals surface area contributed by atoms with E-state index in [-0.39, 0.29) is 31.3 Å². The first-order valence-corrected chi connectivity index (χ1v) is 10.0. The minimum absolute atomic E-state index is 0.0352. The fourth-order valence-corrected chi connectivity index (χ4v) is 3.57. The van der Waals surface area contributed by atoms with Gasteiger partial charge in [0.25, 0.3) is 5.91 Å². The van der Waals surface area contributed by atoms with Crippen molar-refractivity contribution in [2.75, 3.05) is 20.2 Å². The molecular formula is C23H22FN3O5. The fraction of sp³-hybridized carbons (Fsp3) is 0.261. The maximum Gasteiger partial charge on any atom is 0.277 e. The number of nitrogens with zero attached hydrogens (tertiary/aromatic N) is 2. The largest absolute Gasteiger partial charge is 0.493 e. The van der Waals surface area contributed by atoms with Gasteiger partial charge < -0.3 is 24.2 Å². The number of aryl methyl sites for hydroxylation is 1. The Morgan fingerprint density at radius 2 is 2.09 bits per heavy atom. The molecule has 1 N–H and O–H groups in total. The monoisotopic (exact) mass is 439 g/mol. The number of ether oxygens (including phenoxy) is 2. The van der Waals surface area contributed by atoms with Crippen LogP contribution < -0.4 is 14.8 Å². The van der Waals surface area contributed by atoms with Crippen LogP contribution >= 0.6 is 0 Å². The van der Waals surface area contributed by atoms with E-state index in [0.29, 0.717) is 22.8 Å². The van der Waals surface area contributed by atoms with Gasteiger partial charge in [-0.25, -0.2) is 4.39 Å². The lowest BCUT2D eigenvalue weighted by Gasteiger charge is -2.34. The molecule has 2 heterocycles. The highest BCUT2D eigenvalue weighted by Crippen LogP contribution is 2.29. The van der Waals surface area contributed by atoms with Gasteiger partial charge in [-0.2, -0.15) is 0 Å². The molecule has 0 radical (unpaired) electrons. The molecule has 0 bridgehead atoms. The van der Waals surface area contributed by atoms with Gasteiger partial charge in [0, 0.05) is 19.2 Å². The third-order valence-electron chi connectivity index (χ3n) is 5.10. The smallest absolute Gasteiger partial charge is 0.277 e. The predicted molar refractivity (Wildman–Crippen MR) is 112 cm³/mol. The lowest BCUT2D eigenvalue weighted by molar-refractivity contribution is -0.128. The van der Waals surface area contributed by atoms with Gasteiger partial charge in [0.05, 0.1) is 7.11 Å². The summed E-state index contributed by atoms with van der Waals surface area (Å²) in [5.41, 5.74) is 1.45. The molecule has 8 nitrogen and oxygen atoms in total. The highest BCUT2D eigenvalue weighted by Gasteiger charge is 2.36. The van der Waals surface area contributed by atoms with Gasteiger partial charge in [0.2, 0.25) is 5.91 Å². The highest BCUT2D eigenvalue weighted by atomic mass is 19.1. The molecule has 3 aromatic rings. The number of nitrogens with one attached hydrogen (secondary N) is 1. The minimum atomic E-state index is -0.958. The standard InChI is InChI=1S/C23H22FN3O5/c1-14-6-7-19(20(10-14)30-2)31-13-17-12-18(26-32-17)23(29)27-9-8-25-22(28)21(27)15-4-3-5-16(24)11-15/h3-7,10-12,21H,8-9,13H2,1-2H3,(H,25,28)/t21-/m0/s1. The Morgan fingerprint density at radius 1 is 1.25 bits per heavy atom. The second-order valence-corrected chi connectivity index (χ2v) is 7.37. The zero-order valence-corrected chi connectivity index (χ0v) is 17.6. The molecule has 32 heavy (non-hydrogen) atoms. The summed E-state index contributed by atoms with van der Waals surface area (Å²) in [6.07, 6.45) is 0. The zero-order valence-electron chi connectivity index (χ0n) is 17.6. The maximum absolute atomic E-state index is 13.7. The molecule has 166 valence electrons. The summed E-state index contributed by atoms with van der Waals surface area (Å²) in [5, 5.41) is 6.56. The number of hydrogen-bond donors (Lipinski definition) is 1. The molecule has 1 atom stereocenters. The second kappa shape index (κ2) is 9.09. The molecule has 9 heteroatoms. The van der Waals surface area contributed by atoms with Crippen LogP contribution in [0.2, 0.25) is 0 Å². The van der Waals surface area contributed by atoms with E-state index in [1.54, 1.807) is 19.2 Å². The van der Waals surface area contributed by atoms with Crippen molar-refractivity contribution in [1.82, 2.24) is 15.4 Å². The first-order chi connectivity index (χ1) is 15.5. The number of carbonyl (C=O) groups is 2. The lowest BCUT2D eigenvalue weighted by atomic mass is 10.0. The van der Waals surface area contributed by atoms with Crippen LogP contribution in [0.25, 0.3) is 0 Å². The maximum atomic E-state index is 13.7. The summed E-state index contributed by atoms with van der Waals surface area (Å²) in [4.78, 5) is 27.0. The van der Waals surface area contributed by atoms with Gasteiger partial charge >= 0.3 is 0 Å². The van der Waals surface area contributed by atoms with Gasteiger partial charge in [-0.05, 0) is 42.3 Å². The number of piperazine rings is 1. The Kier molecular flexibility index (Phi) is 6.07. The summed E-state index contributed by atoms with van der Waals surface area (Å²) >= 11 is 0. The third-order valence-corrected chi connectivity index (χ3v) is 5.10. The van der Waals surface area contributed by atoms with Gasteiger partial charge in [0.15, 0.2) is 23.0 Å². The number of methoxy groups -OCH3 is 1. The van der Waals surface area contributed by atoms with Gasteiger partial charge in [-0.1, -0.05) is 23.4 Å². The van der Waals surface area contributed by atoms with Crippen molar-refractivity contribution >= 4 is 11.8 Å². The molecule has 0 saturated carbocycles. The molecule has 1 saturated heterocycles. The summed E-state index contributed by atoms with van der Waals surface area (Å²) in [6.45, 7) is 2.52. The number of amides is 2. The SMILES string of the molecule is COc1cc(C)ccc1OCc1cc(C(=O)N2CCNC(=O)[C@@H]2c2cccc(F)c2)no1. The van der Waals surface area contributed by atoms with Crippen molar-refractivity contribution in [3.63, 3.8) is 0 Å². The average Bonchev–Trinajstić information content (AvgIpc) is 3.26. The molecule has 1 fully saturated rings. The molecule has 0 aliphatic carbocycles. The van der Waals surface area contributed by atoms with E-state index < -0.39 is 17.8 Å². The van der Waals surface area contributed by atoms with E-state index in [1.807, 2.05) is 19.1 Å². The quantitative estimate of drug-likeness (QED) is 0.635. The molecular weight excluding hydrogens is 417 g/mol. The van der Waals surface area contributed by atoms with E-state index in [0.717, 1.165) is 5.56 Å². The van der Waals surface area contributed by atoms with Crippen molar-refractivity contribution in [3.05, 3.63) is 76.9 Å². The van der Waals surface area contributed by atoms with E-state index in [1.165, 1.54) is 29.2 Å². The van der Waals surface area contributed by atoms with Gasteiger partial charge in [-0.15, -0.1) is 0 Å². The number of hydrogen-bond acceptors (Lipinski definition) is 6. The second-order valence-electron chi connectivity index (χ2n) is 7.37. The van der Waals surface area contributed by atoms with Crippen molar-refractivity contribution < 1.29 is 28.0 Å². The van der Waals surface area contributed by atoms with Crippen LogP contribution in [0, 0.1) is 12.7 Å². The average molecular weight is 439 g/mol. The first-order valence-electron chi connectivity index (χ1n) is 10.0. The van der Waals surface area contributed by atoms with Crippen molar-refractivity contribution in [1.29, 1.82) is 0 Å². The molecule has 4 rings (SSSR count). The highest BCUT2D eigenvalue weighted by molar-refractivity contribution is 5.97. The number of carbonyl (C=O) groups excluding carboxylic acids is 2. The van der Waals surface area contributed by atoms with Crippen LogP contribution in [-0.4, -0.2) is 42.1 Å². The molecule has 1 aliphatic heterocycles. The Morgan fingerprint density at radius 3 is 2.88 bits per heavy atom. The Hall–Kier alpha value is -3.88. The van der Waals surface area contributed by atoms with E-state index in [9.17, 15) is 14.0 Å². The first kappa shape index (κ1) is 21.4. The van der Waals surface area contributed by atoms with Crippen LogP contribution in [0.3, 0.4) is 0 Å². The number of halogens is 1. The predicted octanol–water partition coefficient (Wildman–Crippen LogP) is 3.02. The lowest BCUT2D eigenvalue weighted by Crippen LogP contribution is -2.52. The summed E-state index contributed by atoms with van der Waals surface area (Å²) < 4.78 is 30.0. The molecule has 0 spiro atoms. The third kappa shape index (κ3) is 4.41. The zero-order chi connectivity index (χ0) is 22.7. The van der Waals surface area contributed by atoms with E-state index >= 15 is 0 Å². The Bertz CT molecular complexity index is 1150. The number of rotatable bonds is 6. The summed E-state index contributed by atoms with van der Waals surface area (Å²) in [5.74, 6) is 0.0884. The van der Waals surface area contributed by atoms with Crippen LogP contribution in [0.1, 0.15) is 33.4 Å². The fourth-order valence-electron chi connectivity index (χ4n) is 3.57. The van der Waals surface area contributed by atoms with Crippen molar-refractivity contribution in [3.8, 4) is 11.5 Å². The Labute approximate surface area is 183 Å². The molecule has 1 aliphatic rings. The molecule has 2 aromatic carbocycles. The van der Waals surface area contributed by atoms with E-state index in [2.05, 4.69) is 10.5 Å². The van der Waals surface area contributed by atoms with E-state index in [4.69, 9.17) is 14.0 Å². The molecule has 1 aromatic heterocycles. The summed E-state index contributed by atoms with van der Waals surface area (Å²) in [6, 6.07) is 11.7. The number of benzene rings is 2. The minimum Gasteiger partial charge on any atom is -0.493 e.